The molecule has 3 rings (SSSR count). The number of hydrogen-bond acceptors (Lipinski definition) is 4. The van der Waals surface area contributed by atoms with Gasteiger partial charge in [-0.25, -0.2) is 22.2 Å². The van der Waals surface area contributed by atoms with E-state index in [1.165, 1.54) is 35.0 Å². The van der Waals surface area contributed by atoms with E-state index >= 15 is 0 Å². The molecule has 0 radical (unpaired) electrons. The Hall–Kier alpha value is -2.84. The molecule has 1 N–H and O–H groups in total. The average Bonchev–Trinajstić information content (AvgIpc) is 2.64. The van der Waals surface area contributed by atoms with Crippen LogP contribution in [0.3, 0.4) is 0 Å². The van der Waals surface area contributed by atoms with Crippen LogP contribution in [-0.2, 0) is 16.6 Å². The van der Waals surface area contributed by atoms with Gasteiger partial charge in [0.05, 0.1) is 17.1 Å². The summed E-state index contributed by atoms with van der Waals surface area (Å²) < 4.78 is 41.3. The number of nitrogens with zero attached hydrogens (tertiary/aromatic N) is 2. The highest BCUT2D eigenvalue weighted by atomic mass is 32.2. The molecule has 6 nitrogen and oxygen atoms in total. The van der Waals surface area contributed by atoms with Gasteiger partial charge in [-0.3, -0.25) is 4.79 Å². The van der Waals surface area contributed by atoms with Crippen molar-refractivity contribution < 1.29 is 12.8 Å². The minimum absolute atomic E-state index is 0.00991. The number of rotatable bonds is 6. The van der Waals surface area contributed by atoms with Crippen LogP contribution >= 0.6 is 0 Å². The fourth-order valence-corrected chi connectivity index (χ4v) is 3.49. The molecule has 0 saturated carbocycles. The minimum atomic E-state index is -3.66. The topological polar surface area (TPSA) is 81.1 Å². The molecule has 0 fully saturated rings. The number of sulfonamides is 1. The zero-order chi connectivity index (χ0) is 19.4. The van der Waals surface area contributed by atoms with Gasteiger partial charge in [0.1, 0.15) is 5.82 Å². The van der Waals surface area contributed by atoms with Gasteiger partial charge in [-0.2, -0.15) is 5.10 Å². The number of nitrogens with one attached hydrogen (secondary N) is 1. The van der Waals surface area contributed by atoms with E-state index in [0.717, 1.165) is 5.56 Å². The predicted octanol–water partition coefficient (Wildman–Crippen LogP) is 2.34. The maximum Gasteiger partial charge on any atom is 0.266 e. The number of halogens is 1. The summed E-state index contributed by atoms with van der Waals surface area (Å²) in [6, 6.07) is 15.1. The predicted molar refractivity (Wildman–Crippen MR) is 100 cm³/mol. The molecular formula is C19H18FN3O3S. The van der Waals surface area contributed by atoms with Crippen LogP contribution in [0.5, 0.6) is 0 Å². The van der Waals surface area contributed by atoms with Crippen molar-refractivity contribution in [3.63, 3.8) is 0 Å². The normalized spacial score (nSPS) is 11.5. The van der Waals surface area contributed by atoms with E-state index in [4.69, 9.17) is 0 Å². The number of aryl methyl sites for hydroxylation is 1. The van der Waals surface area contributed by atoms with Crippen molar-refractivity contribution >= 4 is 10.0 Å². The van der Waals surface area contributed by atoms with Crippen molar-refractivity contribution in [3.05, 3.63) is 82.4 Å². The van der Waals surface area contributed by atoms with Crippen molar-refractivity contribution in [2.24, 2.45) is 0 Å². The molecule has 0 aliphatic carbocycles. The largest absolute Gasteiger partial charge is 0.268 e. The Morgan fingerprint density at radius 3 is 2.33 bits per heavy atom. The van der Waals surface area contributed by atoms with Crippen molar-refractivity contribution in [1.29, 1.82) is 0 Å². The van der Waals surface area contributed by atoms with E-state index in [2.05, 4.69) is 9.82 Å². The molecule has 140 valence electrons. The Balaban J connectivity index is 1.72. The Bertz CT molecular complexity index is 1090. The summed E-state index contributed by atoms with van der Waals surface area (Å²) in [5.74, 6) is -0.363. The molecule has 0 saturated heterocycles. The Morgan fingerprint density at radius 1 is 1.00 bits per heavy atom. The van der Waals surface area contributed by atoms with Crippen molar-refractivity contribution in [1.82, 2.24) is 14.5 Å². The lowest BCUT2D eigenvalue weighted by Gasteiger charge is -2.09. The van der Waals surface area contributed by atoms with Crippen LogP contribution in [0.2, 0.25) is 0 Å². The molecule has 0 unspecified atom stereocenters. The highest BCUT2D eigenvalue weighted by molar-refractivity contribution is 7.89. The Labute approximate surface area is 156 Å². The first-order valence-electron chi connectivity index (χ1n) is 8.26. The maximum atomic E-state index is 13.0. The zero-order valence-electron chi connectivity index (χ0n) is 14.6. The van der Waals surface area contributed by atoms with E-state index < -0.39 is 10.0 Å². The lowest BCUT2D eigenvalue weighted by molar-refractivity contribution is 0.548. The van der Waals surface area contributed by atoms with Crippen LogP contribution in [0.1, 0.15) is 5.56 Å². The first-order chi connectivity index (χ1) is 12.8. The molecule has 1 heterocycles. The van der Waals surface area contributed by atoms with Crippen LogP contribution < -0.4 is 10.3 Å². The third-order valence-electron chi connectivity index (χ3n) is 3.95. The molecule has 0 aliphatic rings. The quantitative estimate of drug-likeness (QED) is 0.704. The van der Waals surface area contributed by atoms with E-state index in [-0.39, 0.29) is 29.4 Å². The van der Waals surface area contributed by atoms with Gasteiger partial charge in [-0.1, -0.05) is 17.7 Å². The van der Waals surface area contributed by atoms with Crippen LogP contribution in [0.25, 0.3) is 11.3 Å². The minimum Gasteiger partial charge on any atom is -0.268 e. The van der Waals surface area contributed by atoms with E-state index in [9.17, 15) is 17.6 Å². The molecule has 0 aliphatic heterocycles. The van der Waals surface area contributed by atoms with E-state index in [1.807, 2.05) is 6.92 Å². The fraction of sp³-hybridized carbons (Fsp3) is 0.158. The third kappa shape index (κ3) is 4.66. The van der Waals surface area contributed by atoms with Crippen molar-refractivity contribution in [2.45, 2.75) is 18.4 Å². The zero-order valence-corrected chi connectivity index (χ0v) is 15.4. The van der Waals surface area contributed by atoms with Gasteiger partial charge < -0.3 is 0 Å². The molecule has 0 bridgehead atoms. The Morgan fingerprint density at radius 2 is 1.67 bits per heavy atom. The van der Waals surface area contributed by atoms with E-state index in [0.29, 0.717) is 11.3 Å². The van der Waals surface area contributed by atoms with Gasteiger partial charge in [0.2, 0.25) is 10.0 Å². The van der Waals surface area contributed by atoms with Crippen molar-refractivity contribution in [3.8, 4) is 11.3 Å². The second-order valence-electron chi connectivity index (χ2n) is 6.00. The average molecular weight is 387 g/mol. The number of aromatic nitrogens is 2. The second kappa shape index (κ2) is 7.81. The highest BCUT2D eigenvalue weighted by Crippen LogP contribution is 2.15. The summed E-state index contributed by atoms with van der Waals surface area (Å²) in [5, 5.41) is 4.22. The first kappa shape index (κ1) is 18.9. The number of benzene rings is 2. The molecule has 0 amide bonds. The molecule has 8 heteroatoms. The fourth-order valence-electron chi connectivity index (χ4n) is 2.47. The van der Waals surface area contributed by atoms with Gasteiger partial charge in [-0.15, -0.1) is 0 Å². The lowest BCUT2D eigenvalue weighted by Crippen LogP contribution is -2.32. The second-order valence-corrected chi connectivity index (χ2v) is 7.76. The van der Waals surface area contributed by atoms with Gasteiger partial charge >= 0.3 is 0 Å². The maximum absolute atomic E-state index is 13.0. The third-order valence-corrected chi connectivity index (χ3v) is 5.43. The van der Waals surface area contributed by atoms with Crippen LogP contribution in [0.15, 0.2) is 70.4 Å². The van der Waals surface area contributed by atoms with Gasteiger partial charge in [-0.05, 0) is 49.4 Å². The van der Waals surface area contributed by atoms with Crippen molar-refractivity contribution in [2.75, 3.05) is 6.54 Å². The summed E-state index contributed by atoms with van der Waals surface area (Å²) in [6.45, 7) is 1.95. The molecule has 0 atom stereocenters. The molecule has 27 heavy (non-hydrogen) atoms. The molecule has 3 aromatic rings. The smallest absolute Gasteiger partial charge is 0.266 e. The molecule has 1 aromatic heterocycles. The summed E-state index contributed by atoms with van der Waals surface area (Å²) in [4.78, 5) is 12.1. The molecular weight excluding hydrogens is 369 g/mol. The van der Waals surface area contributed by atoms with Crippen LogP contribution in [-0.4, -0.2) is 24.7 Å². The Kier molecular flexibility index (Phi) is 5.48. The lowest BCUT2D eigenvalue weighted by atomic mass is 10.1. The summed E-state index contributed by atoms with van der Waals surface area (Å²) >= 11 is 0. The van der Waals surface area contributed by atoms with Crippen LogP contribution in [0.4, 0.5) is 4.39 Å². The standard InChI is InChI=1S/C19H18FN3O3S/c1-14-2-8-17(9-3-14)27(25,26)21-12-13-23-19(24)11-10-18(22-23)15-4-6-16(20)7-5-15/h2-11,21H,12-13H2,1H3. The number of hydrogen-bond donors (Lipinski definition) is 1. The molecule has 0 spiro atoms. The summed E-state index contributed by atoms with van der Waals surface area (Å²) in [7, 11) is -3.66. The first-order valence-corrected chi connectivity index (χ1v) is 9.74. The van der Waals surface area contributed by atoms with Gasteiger partial charge in [0.25, 0.3) is 5.56 Å². The van der Waals surface area contributed by atoms with Gasteiger partial charge in [0, 0.05) is 18.2 Å². The summed E-state index contributed by atoms with van der Waals surface area (Å²) in [5.41, 5.74) is 1.76. The molecule has 2 aromatic carbocycles. The monoisotopic (exact) mass is 387 g/mol. The summed E-state index contributed by atoms with van der Waals surface area (Å²) in [6.07, 6.45) is 0. The van der Waals surface area contributed by atoms with E-state index in [1.54, 1.807) is 30.3 Å². The highest BCUT2D eigenvalue weighted by Gasteiger charge is 2.13. The SMILES string of the molecule is Cc1ccc(S(=O)(=O)NCCn2nc(-c3ccc(F)cc3)ccc2=O)cc1. The van der Waals surface area contributed by atoms with Crippen LogP contribution in [0, 0.1) is 12.7 Å². The van der Waals surface area contributed by atoms with Gasteiger partial charge in [0.15, 0.2) is 0 Å².